The van der Waals surface area contributed by atoms with Crippen LogP contribution in [0.25, 0.3) is 0 Å². The fourth-order valence-electron chi connectivity index (χ4n) is 3.95. The van der Waals surface area contributed by atoms with Crippen LogP contribution in [-0.4, -0.2) is 36.6 Å². The second-order valence-electron chi connectivity index (χ2n) is 7.41. The van der Waals surface area contributed by atoms with E-state index in [-0.39, 0.29) is 0 Å². The number of nitrogens with one attached hydrogen (secondary N) is 1. The van der Waals surface area contributed by atoms with Crippen molar-refractivity contribution < 1.29 is 0 Å². The SMILES string of the molecule is CC(C)NCC1(CN2CCCC2C)CCCCCC1. The Hall–Kier alpha value is -0.0800. The molecule has 0 aromatic heterocycles. The lowest BCUT2D eigenvalue weighted by Crippen LogP contribution is -2.46. The molecule has 2 rings (SSSR count). The summed E-state index contributed by atoms with van der Waals surface area (Å²) in [6.07, 6.45) is 11.5. The highest BCUT2D eigenvalue weighted by Gasteiger charge is 2.35. The van der Waals surface area contributed by atoms with Gasteiger partial charge < -0.3 is 10.2 Å². The maximum Gasteiger partial charge on any atom is 0.00676 e. The standard InChI is InChI=1S/C17H34N2/c1-15(2)18-13-17(10-6-4-5-7-11-17)14-19-12-8-9-16(19)3/h15-16,18H,4-14H2,1-3H3. The van der Waals surface area contributed by atoms with E-state index in [4.69, 9.17) is 0 Å². The van der Waals surface area contributed by atoms with Crippen molar-refractivity contribution in [2.24, 2.45) is 5.41 Å². The van der Waals surface area contributed by atoms with E-state index in [0.717, 1.165) is 6.04 Å². The zero-order valence-corrected chi connectivity index (χ0v) is 13.4. The fourth-order valence-corrected chi connectivity index (χ4v) is 3.95. The van der Waals surface area contributed by atoms with Crippen LogP contribution in [0.5, 0.6) is 0 Å². The quantitative estimate of drug-likeness (QED) is 0.761. The minimum Gasteiger partial charge on any atom is -0.314 e. The Kier molecular flexibility index (Phi) is 5.70. The molecule has 0 radical (unpaired) electrons. The molecule has 0 amide bonds. The molecule has 1 atom stereocenters. The molecule has 1 unspecified atom stereocenters. The molecule has 2 fully saturated rings. The third-order valence-corrected chi connectivity index (χ3v) is 5.28. The Labute approximate surface area is 120 Å². The third-order valence-electron chi connectivity index (χ3n) is 5.28. The van der Waals surface area contributed by atoms with Crippen molar-refractivity contribution in [3.05, 3.63) is 0 Å². The molecule has 1 aliphatic carbocycles. The number of hydrogen-bond acceptors (Lipinski definition) is 2. The molecule has 2 aliphatic rings. The van der Waals surface area contributed by atoms with Gasteiger partial charge in [-0.3, -0.25) is 0 Å². The van der Waals surface area contributed by atoms with Crippen LogP contribution in [0.2, 0.25) is 0 Å². The van der Waals surface area contributed by atoms with Crippen molar-refractivity contribution in [3.8, 4) is 0 Å². The number of nitrogens with zero attached hydrogens (tertiary/aromatic N) is 1. The molecule has 112 valence electrons. The first-order chi connectivity index (χ1) is 9.11. The van der Waals surface area contributed by atoms with Crippen molar-refractivity contribution in [1.29, 1.82) is 0 Å². The lowest BCUT2D eigenvalue weighted by molar-refractivity contribution is 0.120. The summed E-state index contributed by atoms with van der Waals surface area (Å²) in [5, 5.41) is 3.75. The molecule has 19 heavy (non-hydrogen) atoms. The summed E-state index contributed by atoms with van der Waals surface area (Å²) >= 11 is 0. The van der Waals surface area contributed by atoms with Gasteiger partial charge in [0, 0.05) is 25.2 Å². The number of likely N-dealkylation sites (tertiary alicyclic amines) is 1. The van der Waals surface area contributed by atoms with Crippen LogP contribution in [0.1, 0.15) is 72.1 Å². The van der Waals surface area contributed by atoms with Crippen molar-refractivity contribution in [3.63, 3.8) is 0 Å². The molecule has 1 saturated carbocycles. The maximum absolute atomic E-state index is 3.75. The van der Waals surface area contributed by atoms with Crippen LogP contribution in [0.3, 0.4) is 0 Å². The fraction of sp³-hybridized carbons (Fsp3) is 1.00. The van der Waals surface area contributed by atoms with Crippen LogP contribution in [0.4, 0.5) is 0 Å². The molecule has 1 N–H and O–H groups in total. The summed E-state index contributed by atoms with van der Waals surface area (Å²) in [6, 6.07) is 1.44. The van der Waals surface area contributed by atoms with Crippen LogP contribution < -0.4 is 5.32 Å². The van der Waals surface area contributed by atoms with Gasteiger partial charge in [-0.2, -0.15) is 0 Å². The third kappa shape index (κ3) is 4.46. The molecular weight excluding hydrogens is 232 g/mol. The van der Waals surface area contributed by atoms with Gasteiger partial charge in [0.05, 0.1) is 0 Å². The number of hydrogen-bond donors (Lipinski definition) is 1. The minimum absolute atomic E-state index is 0.555. The Balaban J connectivity index is 1.99. The normalized spacial score (nSPS) is 28.7. The molecule has 0 bridgehead atoms. The van der Waals surface area contributed by atoms with Gasteiger partial charge in [0.25, 0.3) is 0 Å². The van der Waals surface area contributed by atoms with Crippen LogP contribution >= 0.6 is 0 Å². The van der Waals surface area contributed by atoms with Crippen molar-refractivity contribution in [1.82, 2.24) is 10.2 Å². The summed E-state index contributed by atoms with van der Waals surface area (Å²) in [5.74, 6) is 0. The second-order valence-corrected chi connectivity index (χ2v) is 7.41. The summed E-state index contributed by atoms with van der Waals surface area (Å²) < 4.78 is 0. The summed E-state index contributed by atoms with van der Waals surface area (Å²) in [6.45, 7) is 10.9. The molecule has 1 heterocycles. The number of rotatable bonds is 5. The highest BCUT2D eigenvalue weighted by atomic mass is 15.2. The predicted octanol–water partition coefficient (Wildman–Crippen LogP) is 3.81. The van der Waals surface area contributed by atoms with Gasteiger partial charge in [0.2, 0.25) is 0 Å². The van der Waals surface area contributed by atoms with Crippen LogP contribution in [0, 0.1) is 5.41 Å². The van der Waals surface area contributed by atoms with Gasteiger partial charge in [-0.25, -0.2) is 0 Å². The molecule has 1 saturated heterocycles. The van der Waals surface area contributed by atoms with E-state index < -0.39 is 0 Å². The molecule has 0 spiro atoms. The van der Waals surface area contributed by atoms with Crippen molar-refractivity contribution in [2.75, 3.05) is 19.6 Å². The van der Waals surface area contributed by atoms with Gasteiger partial charge in [0.15, 0.2) is 0 Å². The first-order valence-electron chi connectivity index (χ1n) is 8.59. The van der Waals surface area contributed by atoms with E-state index in [0.29, 0.717) is 11.5 Å². The van der Waals surface area contributed by atoms with E-state index in [1.807, 2.05) is 0 Å². The van der Waals surface area contributed by atoms with Crippen molar-refractivity contribution in [2.45, 2.75) is 84.2 Å². The zero-order valence-electron chi connectivity index (χ0n) is 13.4. The lowest BCUT2D eigenvalue weighted by Gasteiger charge is -2.39. The topological polar surface area (TPSA) is 15.3 Å². The van der Waals surface area contributed by atoms with Gasteiger partial charge in [0.1, 0.15) is 0 Å². The average molecular weight is 266 g/mol. The van der Waals surface area contributed by atoms with E-state index >= 15 is 0 Å². The molecule has 0 aromatic rings. The van der Waals surface area contributed by atoms with Gasteiger partial charge in [-0.1, -0.05) is 39.5 Å². The van der Waals surface area contributed by atoms with Crippen LogP contribution in [-0.2, 0) is 0 Å². The van der Waals surface area contributed by atoms with Crippen molar-refractivity contribution >= 4 is 0 Å². The molecular formula is C17H34N2. The predicted molar refractivity (Wildman–Crippen MR) is 83.5 cm³/mol. The Morgan fingerprint density at radius 1 is 1.11 bits per heavy atom. The Morgan fingerprint density at radius 3 is 2.32 bits per heavy atom. The van der Waals surface area contributed by atoms with E-state index in [1.165, 1.54) is 71.0 Å². The van der Waals surface area contributed by atoms with Gasteiger partial charge in [-0.05, 0) is 44.6 Å². The second kappa shape index (κ2) is 7.08. The summed E-state index contributed by atoms with van der Waals surface area (Å²) in [5.41, 5.74) is 0.555. The summed E-state index contributed by atoms with van der Waals surface area (Å²) in [7, 11) is 0. The van der Waals surface area contributed by atoms with E-state index in [2.05, 4.69) is 31.0 Å². The Morgan fingerprint density at radius 2 is 1.79 bits per heavy atom. The van der Waals surface area contributed by atoms with Gasteiger partial charge >= 0.3 is 0 Å². The Bertz CT molecular complexity index is 254. The lowest BCUT2D eigenvalue weighted by atomic mass is 9.79. The monoisotopic (exact) mass is 266 g/mol. The molecule has 2 heteroatoms. The van der Waals surface area contributed by atoms with E-state index in [1.54, 1.807) is 0 Å². The first kappa shape index (κ1) is 15.3. The average Bonchev–Trinajstić information content (AvgIpc) is 2.64. The smallest absolute Gasteiger partial charge is 0.00676 e. The zero-order chi connectivity index (χ0) is 13.7. The highest BCUT2D eigenvalue weighted by Crippen LogP contribution is 2.37. The minimum atomic E-state index is 0.555. The maximum atomic E-state index is 3.75. The highest BCUT2D eigenvalue weighted by molar-refractivity contribution is 4.90. The first-order valence-corrected chi connectivity index (χ1v) is 8.59. The molecule has 2 nitrogen and oxygen atoms in total. The molecule has 0 aromatic carbocycles. The van der Waals surface area contributed by atoms with Crippen LogP contribution in [0.15, 0.2) is 0 Å². The van der Waals surface area contributed by atoms with E-state index in [9.17, 15) is 0 Å². The van der Waals surface area contributed by atoms with Gasteiger partial charge in [-0.15, -0.1) is 0 Å². The largest absolute Gasteiger partial charge is 0.314 e. The molecule has 1 aliphatic heterocycles. The summed E-state index contributed by atoms with van der Waals surface area (Å²) in [4.78, 5) is 2.77.